The summed E-state index contributed by atoms with van der Waals surface area (Å²) < 4.78 is 79.4. The number of carbonyl (C=O) groups excluding carboxylic acids is 4. The minimum atomic E-state index is -6.07. The first kappa shape index (κ1) is 51.0. The predicted molar refractivity (Wildman–Crippen MR) is 265 cm³/mol. The number of ketones is 1. The zero-order valence-corrected chi connectivity index (χ0v) is 38.9. The van der Waals surface area contributed by atoms with Gasteiger partial charge in [-0.3, -0.25) is 9.35 Å². The summed E-state index contributed by atoms with van der Waals surface area (Å²) >= 11 is 0. The molecule has 0 aliphatic heterocycles. The fraction of sp³-hybridized carbons (Fsp3) is 0.317. The van der Waals surface area contributed by atoms with Crippen LogP contribution in [0, 0.1) is 0 Å². The third-order valence-corrected chi connectivity index (χ3v) is 12.6. The maximum absolute atomic E-state index is 14.8. The molecule has 322 valence electrons. The van der Waals surface area contributed by atoms with Crippen LogP contribution in [0.15, 0.2) is 48.5 Å². The molecule has 0 aromatic heterocycles. The second kappa shape index (κ2) is 21.8. The smallest absolute Gasteiger partial charge is 0.405 e. The van der Waals surface area contributed by atoms with Gasteiger partial charge in [-0.25, -0.2) is 14.4 Å². The van der Waals surface area contributed by atoms with Crippen LogP contribution in [-0.4, -0.2) is 119 Å². The van der Waals surface area contributed by atoms with Gasteiger partial charge in [0.2, 0.25) is 0 Å². The van der Waals surface area contributed by atoms with Crippen molar-refractivity contribution in [3.63, 3.8) is 0 Å². The highest BCUT2D eigenvalue weighted by Crippen LogP contribution is 2.34. The summed E-state index contributed by atoms with van der Waals surface area (Å²) in [6, 6.07) is 13.5. The molecule has 0 fully saturated rings. The Balaban J connectivity index is 2.07. The van der Waals surface area contributed by atoms with Crippen LogP contribution in [-0.2, 0) is 78.2 Å². The topological polar surface area (TPSA) is 150 Å². The summed E-state index contributed by atoms with van der Waals surface area (Å²) in [7, 11) is 11.4. The van der Waals surface area contributed by atoms with Crippen molar-refractivity contribution in [3.05, 3.63) is 126 Å². The second-order valence-corrected chi connectivity index (χ2v) is 17.0. The highest BCUT2D eigenvalue weighted by Gasteiger charge is 2.52. The Morgan fingerprint density at radius 1 is 0.540 bits per heavy atom. The van der Waals surface area contributed by atoms with Crippen LogP contribution in [0.3, 0.4) is 0 Å². The number of benzene rings is 4. The fourth-order valence-corrected chi connectivity index (χ4v) is 8.16. The van der Waals surface area contributed by atoms with E-state index in [4.69, 9.17) is 14.2 Å². The molecule has 0 saturated carbocycles. The molecule has 4 aromatic rings. The summed E-state index contributed by atoms with van der Waals surface area (Å²) in [5.74, 6) is -4.05. The van der Waals surface area contributed by atoms with Crippen LogP contribution < -0.4 is 9.47 Å². The molecule has 0 radical (unpaired) electrons. The molecule has 0 bridgehead atoms. The minimum Gasteiger partial charge on any atom is -0.451 e. The molecular formula is C41H51B9F2O10S. The number of alkyl halides is 2. The van der Waals surface area contributed by atoms with Gasteiger partial charge in [0, 0.05) is 12.0 Å². The number of hydrogen-bond donors (Lipinski definition) is 1. The van der Waals surface area contributed by atoms with Gasteiger partial charge in [0.25, 0.3) is 0 Å². The number of ether oxygens (including phenoxy) is 3. The Hall–Kier alpha value is -4.69. The van der Waals surface area contributed by atoms with E-state index >= 15 is 0 Å². The molecule has 0 spiro atoms. The Bertz CT molecular complexity index is 2450. The molecule has 10 nitrogen and oxygen atoms in total. The Morgan fingerprint density at radius 2 is 0.857 bits per heavy atom. The van der Waals surface area contributed by atoms with E-state index < -0.39 is 61.9 Å². The molecule has 0 saturated heterocycles. The molecule has 0 heterocycles. The lowest BCUT2D eigenvalue weighted by Crippen LogP contribution is -2.42. The second-order valence-electron chi connectivity index (χ2n) is 15.5. The summed E-state index contributed by atoms with van der Waals surface area (Å²) in [5.41, 5.74) is 6.19. The number of esters is 3. The number of rotatable bonds is 20. The summed E-state index contributed by atoms with van der Waals surface area (Å²) in [4.78, 5) is 58.1. The third kappa shape index (κ3) is 11.3. The van der Waals surface area contributed by atoms with Gasteiger partial charge in [-0.05, 0) is 46.9 Å². The van der Waals surface area contributed by atoms with E-state index in [0.717, 1.165) is 63.7 Å². The maximum atomic E-state index is 14.8. The van der Waals surface area contributed by atoms with Crippen molar-refractivity contribution in [2.75, 3.05) is 0 Å². The summed E-state index contributed by atoms with van der Waals surface area (Å²) in [6.07, 6.45) is 2.19. The van der Waals surface area contributed by atoms with Crippen molar-refractivity contribution in [1.82, 2.24) is 0 Å². The average Bonchev–Trinajstić information content (AvgIpc) is 3.27. The SMILES string of the molecule is BCc1cc(CB)c(CC(=O)c2cc(C(=O)OC(C)C(F)(F)S(=O)(=O)O)c(C(=O)Oc3c(CB)cc(CB)cc3CB)cc2C(=O)Oc2c(CB)cc(CB)cc2CB)c(CB)c1. The monoisotopic (exact) mass is 872 g/mol. The third-order valence-electron chi connectivity index (χ3n) is 11.6. The molecule has 4 rings (SSSR count). The van der Waals surface area contributed by atoms with Crippen molar-refractivity contribution in [3.8, 4) is 11.5 Å². The summed E-state index contributed by atoms with van der Waals surface area (Å²) in [6.45, 7) is 0.552. The molecule has 63 heavy (non-hydrogen) atoms. The molecule has 4 aromatic carbocycles. The largest absolute Gasteiger partial charge is 0.451 e. The lowest BCUT2D eigenvalue weighted by atomic mass is 9.80. The van der Waals surface area contributed by atoms with Gasteiger partial charge < -0.3 is 14.2 Å². The van der Waals surface area contributed by atoms with E-state index in [-0.39, 0.29) is 23.5 Å². The van der Waals surface area contributed by atoms with Gasteiger partial charge in [-0.15, -0.1) is 0 Å². The normalized spacial score (nSPS) is 12.1. The number of hydrogen-bond acceptors (Lipinski definition) is 9. The van der Waals surface area contributed by atoms with Gasteiger partial charge >= 0.3 is 33.3 Å². The van der Waals surface area contributed by atoms with Gasteiger partial charge in [-0.1, -0.05) is 121 Å². The highest BCUT2D eigenvalue weighted by atomic mass is 32.2. The van der Waals surface area contributed by atoms with Gasteiger partial charge in [-0.2, -0.15) is 17.2 Å². The zero-order valence-electron chi connectivity index (χ0n) is 38.1. The van der Waals surface area contributed by atoms with Crippen molar-refractivity contribution < 1.29 is 55.1 Å². The molecule has 1 unspecified atom stereocenters. The van der Waals surface area contributed by atoms with E-state index in [0.29, 0.717) is 67.9 Å². The van der Waals surface area contributed by atoms with E-state index in [1.165, 1.54) is 0 Å². The number of carbonyl (C=O) groups is 4. The van der Waals surface area contributed by atoms with Crippen molar-refractivity contribution in [1.29, 1.82) is 0 Å². The molecule has 0 amide bonds. The Kier molecular flexibility index (Phi) is 17.6. The molecule has 1 atom stereocenters. The predicted octanol–water partition coefficient (Wildman–Crippen LogP) is -2.23. The van der Waals surface area contributed by atoms with Crippen LogP contribution >= 0.6 is 0 Å². The maximum Gasteiger partial charge on any atom is 0.405 e. The quantitative estimate of drug-likeness (QED) is 0.0341. The molecule has 22 heteroatoms. The molecule has 0 aliphatic rings. The van der Waals surface area contributed by atoms with Crippen LogP contribution in [0.25, 0.3) is 0 Å². The first-order valence-electron chi connectivity index (χ1n) is 21.9. The first-order valence-corrected chi connectivity index (χ1v) is 23.3. The number of halogens is 2. The van der Waals surface area contributed by atoms with E-state index in [2.05, 4.69) is 0 Å². The van der Waals surface area contributed by atoms with Gasteiger partial charge in [0.15, 0.2) is 11.9 Å². The van der Waals surface area contributed by atoms with E-state index in [9.17, 15) is 40.9 Å². The number of Topliss-reactive ketones (excluding diaryl/α,β-unsaturated/α-hetero) is 1. The van der Waals surface area contributed by atoms with Crippen molar-refractivity contribution in [2.24, 2.45) is 0 Å². The standard InChI is InChI=1S/C41H51B9F2O10S/c1-20(41(51,52)63(57,58)59)60-38(54)33-8-31(35(53)10-30-24(14-45)2-21(11-42)3-25(30)15-46)32(39(55)61-36-26(16-47)4-22(12-43)5-27(36)17-48)9-34(33)40(56)62-37-28(18-49)6-23(13-44)7-29(37)19-50/h2-9,20H,10-19,42-50H2,1H3,(H,57,58,59). The van der Waals surface area contributed by atoms with Crippen LogP contribution in [0.5, 0.6) is 11.5 Å². The first-order chi connectivity index (χ1) is 29.8. The van der Waals surface area contributed by atoms with Crippen LogP contribution in [0.1, 0.15) is 104 Å². The van der Waals surface area contributed by atoms with Gasteiger partial charge in [0.05, 0.1) is 16.7 Å². The minimum absolute atomic E-state index is 0.197. The lowest BCUT2D eigenvalue weighted by Gasteiger charge is -2.22. The van der Waals surface area contributed by atoms with Crippen LogP contribution in [0.2, 0.25) is 0 Å². The highest BCUT2D eigenvalue weighted by molar-refractivity contribution is 7.86. The van der Waals surface area contributed by atoms with E-state index in [1.54, 1.807) is 0 Å². The fourth-order valence-electron chi connectivity index (χ4n) is 7.70. The molecule has 0 aliphatic carbocycles. The van der Waals surface area contributed by atoms with Crippen molar-refractivity contribution >= 4 is 104 Å². The van der Waals surface area contributed by atoms with Gasteiger partial charge in [0.1, 0.15) is 82.1 Å². The Morgan fingerprint density at radius 3 is 1.19 bits per heavy atom. The molecular weight excluding hydrogens is 820 g/mol. The zero-order chi connectivity index (χ0) is 47.0. The van der Waals surface area contributed by atoms with Crippen LogP contribution in [0.4, 0.5) is 8.78 Å². The summed E-state index contributed by atoms with van der Waals surface area (Å²) in [5, 5.41) is -4.96. The molecule has 1 N–H and O–H groups in total. The van der Waals surface area contributed by atoms with E-state index in [1.807, 2.05) is 107 Å². The lowest BCUT2D eigenvalue weighted by molar-refractivity contribution is -0.0550. The Labute approximate surface area is 377 Å². The average molecular weight is 871 g/mol. The van der Waals surface area contributed by atoms with Crippen molar-refractivity contribution in [2.45, 2.75) is 81.6 Å².